The Morgan fingerprint density at radius 3 is 2.75 bits per heavy atom. The van der Waals surface area contributed by atoms with Crippen LogP contribution in [-0.2, 0) is 7.05 Å². The molecule has 0 saturated heterocycles. The highest BCUT2D eigenvalue weighted by molar-refractivity contribution is 5.87. The quantitative estimate of drug-likeness (QED) is 0.739. The number of nitrogens with zero attached hydrogens (tertiary/aromatic N) is 4. The number of pyridine rings is 1. The summed E-state index contributed by atoms with van der Waals surface area (Å²) in [6.45, 7) is 0. The normalized spacial score (nSPS) is 10.6. The molecule has 1 aromatic carbocycles. The minimum Gasteiger partial charge on any atom is -0.476 e. The fourth-order valence-corrected chi connectivity index (χ4v) is 2.05. The number of aromatic nitrogens is 4. The van der Waals surface area contributed by atoms with Crippen molar-refractivity contribution in [3.05, 3.63) is 54.0 Å². The van der Waals surface area contributed by atoms with Crippen molar-refractivity contribution in [2.75, 3.05) is 0 Å². The van der Waals surface area contributed by atoms with Crippen molar-refractivity contribution < 1.29 is 23.4 Å². The maximum absolute atomic E-state index is 14.3. The molecule has 0 aliphatic heterocycles. The first-order chi connectivity index (χ1) is 11.5. The van der Waals surface area contributed by atoms with Gasteiger partial charge in [0, 0.05) is 18.8 Å². The van der Waals surface area contributed by atoms with E-state index in [0.717, 1.165) is 10.7 Å². The van der Waals surface area contributed by atoms with E-state index < -0.39 is 23.4 Å². The van der Waals surface area contributed by atoms with Gasteiger partial charge < -0.3 is 9.84 Å². The molecule has 2 heterocycles. The van der Waals surface area contributed by atoms with Gasteiger partial charge in [0.25, 0.3) is 5.88 Å². The van der Waals surface area contributed by atoms with Crippen molar-refractivity contribution in [3.8, 4) is 22.8 Å². The van der Waals surface area contributed by atoms with Crippen LogP contribution < -0.4 is 4.74 Å². The third kappa shape index (κ3) is 2.78. The maximum Gasteiger partial charge on any atom is 0.362 e. The Morgan fingerprint density at radius 2 is 2.08 bits per heavy atom. The van der Waals surface area contributed by atoms with Gasteiger partial charge in [0.1, 0.15) is 0 Å². The van der Waals surface area contributed by atoms with Crippen LogP contribution >= 0.6 is 0 Å². The molecule has 3 aromatic rings. The van der Waals surface area contributed by atoms with Crippen LogP contribution in [0.1, 0.15) is 10.5 Å². The molecule has 2 aromatic heterocycles. The molecule has 1 N–H and O–H groups in total. The second kappa shape index (κ2) is 6.03. The maximum atomic E-state index is 14.3. The van der Waals surface area contributed by atoms with E-state index >= 15 is 0 Å². The summed E-state index contributed by atoms with van der Waals surface area (Å²) in [5.41, 5.74) is -0.0392. The van der Waals surface area contributed by atoms with E-state index in [9.17, 15) is 13.6 Å². The molecule has 0 spiro atoms. The molecule has 24 heavy (non-hydrogen) atoms. The highest BCUT2D eigenvalue weighted by atomic mass is 19.1. The van der Waals surface area contributed by atoms with Crippen LogP contribution in [0.5, 0.6) is 11.6 Å². The minimum absolute atomic E-state index is 0.136. The minimum atomic E-state index is -1.35. The van der Waals surface area contributed by atoms with Gasteiger partial charge in [0.15, 0.2) is 11.6 Å². The number of carbonyl (C=O) groups is 1. The molecule has 0 unspecified atom stereocenters. The fraction of sp³-hybridized carbons (Fsp3) is 0.0667. The molecule has 0 saturated carbocycles. The monoisotopic (exact) mass is 332 g/mol. The summed E-state index contributed by atoms with van der Waals surface area (Å²) in [6, 6.07) is 6.75. The summed E-state index contributed by atoms with van der Waals surface area (Å²) in [6.07, 6.45) is 1.29. The molecule has 0 bridgehead atoms. The molecule has 0 fully saturated rings. The average Bonchev–Trinajstić information content (AvgIpc) is 2.91. The van der Waals surface area contributed by atoms with Gasteiger partial charge in [0.05, 0.1) is 0 Å². The second-order valence-electron chi connectivity index (χ2n) is 4.76. The first-order valence-electron chi connectivity index (χ1n) is 6.68. The predicted octanol–water partition coefficient (Wildman–Crippen LogP) is 2.65. The number of halogens is 2. The molecule has 3 rings (SSSR count). The highest BCUT2D eigenvalue weighted by Crippen LogP contribution is 2.30. The molecular weight excluding hydrogens is 322 g/mol. The first kappa shape index (κ1) is 15.5. The van der Waals surface area contributed by atoms with E-state index in [0.29, 0.717) is 0 Å². The molecule has 9 heteroatoms. The Labute approximate surface area is 134 Å². The molecule has 0 aliphatic rings. The molecule has 7 nitrogen and oxygen atoms in total. The second-order valence-corrected chi connectivity index (χ2v) is 4.76. The molecular formula is C15H10F2N4O3. The number of benzene rings is 1. The van der Waals surface area contributed by atoms with Crippen LogP contribution in [0.2, 0.25) is 0 Å². The van der Waals surface area contributed by atoms with E-state index in [-0.39, 0.29) is 22.8 Å². The lowest BCUT2D eigenvalue weighted by atomic mass is 10.1. The van der Waals surface area contributed by atoms with Crippen LogP contribution in [0, 0.1) is 11.8 Å². The zero-order chi connectivity index (χ0) is 17.3. The number of hydrogen-bond donors (Lipinski definition) is 1. The number of carboxylic acids is 1. The van der Waals surface area contributed by atoms with Crippen molar-refractivity contribution in [2.24, 2.45) is 7.05 Å². The first-order valence-corrected chi connectivity index (χ1v) is 6.68. The van der Waals surface area contributed by atoms with E-state index in [1.807, 2.05) is 0 Å². The number of carboxylic acid groups (broad SMARTS) is 1. The van der Waals surface area contributed by atoms with E-state index in [1.165, 1.54) is 37.5 Å². The topological polar surface area (TPSA) is 90.1 Å². The highest BCUT2D eigenvalue weighted by Gasteiger charge is 2.21. The summed E-state index contributed by atoms with van der Waals surface area (Å²) < 4.78 is 34.2. The molecule has 0 atom stereocenters. The number of rotatable bonds is 4. The molecule has 0 radical (unpaired) electrons. The summed E-state index contributed by atoms with van der Waals surface area (Å²) >= 11 is 0. The largest absolute Gasteiger partial charge is 0.476 e. The third-order valence-electron chi connectivity index (χ3n) is 3.19. The van der Waals surface area contributed by atoms with Crippen LogP contribution in [0.4, 0.5) is 8.78 Å². The molecule has 122 valence electrons. The Hall–Kier alpha value is -3.36. The Morgan fingerprint density at radius 1 is 1.29 bits per heavy atom. The lowest BCUT2D eigenvalue weighted by molar-refractivity contribution is 0.0687. The lowest BCUT2D eigenvalue weighted by Gasteiger charge is -2.09. The number of aryl methyl sites for hydroxylation is 1. The zero-order valence-corrected chi connectivity index (χ0v) is 12.3. The molecule has 0 aliphatic carbocycles. The summed E-state index contributed by atoms with van der Waals surface area (Å²) in [7, 11) is 1.41. The van der Waals surface area contributed by atoms with Gasteiger partial charge in [-0.3, -0.25) is 0 Å². The summed E-state index contributed by atoms with van der Waals surface area (Å²) in [4.78, 5) is 14.6. The lowest BCUT2D eigenvalue weighted by Crippen LogP contribution is -2.02. The van der Waals surface area contributed by atoms with Gasteiger partial charge in [-0.05, 0) is 29.8 Å². The van der Waals surface area contributed by atoms with Crippen molar-refractivity contribution in [1.82, 2.24) is 20.0 Å². The standard InChI is InChI=1S/C15H10F2N4O3/c1-21-14(12(15(22)23)19-20-21)24-11-5-4-8(7-10(11)16)9-3-2-6-18-13(9)17/h2-7H,1H3,(H,22,23). The van der Waals surface area contributed by atoms with Crippen LogP contribution in [0.3, 0.4) is 0 Å². The van der Waals surface area contributed by atoms with Gasteiger partial charge >= 0.3 is 5.97 Å². The van der Waals surface area contributed by atoms with Gasteiger partial charge in [-0.1, -0.05) is 11.3 Å². The van der Waals surface area contributed by atoms with Crippen molar-refractivity contribution in [2.45, 2.75) is 0 Å². The van der Waals surface area contributed by atoms with E-state index in [2.05, 4.69) is 15.3 Å². The SMILES string of the molecule is Cn1nnc(C(=O)O)c1Oc1ccc(-c2cccnc2F)cc1F. The average molecular weight is 332 g/mol. The number of hydrogen-bond acceptors (Lipinski definition) is 5. The Balaban J connectivity index is 1.96. The van der Waals surface area contributed by atoms with Crippen LogP contribution in [0.15, 0.2) is 36.5 Å². The van der Waals surface area contributed by atoms with E-state index in [4.69, 9.17) is 9.84 Å². The van der Waals surface area contributed by atoms with Crippen molar-refractivity contribution in [1.29, 1.82) is 0 Å². The van der Waals surface area contributed by atoms with Gasteiger partial charge in [-0.15, -0.1) is 5.10 Å². The van der Waals surface area contributed by atoms with Crippen molar-refractivity contribution in [3.63, 3.8) is 0 Å². The third-order valence-corrected chi connectivity index (χ3v) is 3.19. The van der Waals surface area contributed by atoms with Crippen LogP contribution in [-0.4, -0.2) is 31.1 Å². The number of ether oxygens (including phenoxy) is 1. The van der Waals surface area contributed by atoms with Gasteiger partial charge in [-0.2, -0.15) is 4.39 Å². The van der Waals surface area contributed by atoms with E-state index in [1.54, 1.807) is 0 Å². The Bertz CT molecular complexity index is 927. The predicted molar refractivity (Wildman–Crippen MR) is 77.6 cm³/mol. The number of aromatic carboxylic acids is 1. The van der Waals surface area contributed by atoms with Gasteiger partial charge in [0.2, 0.25) is 11.6 Å². The Kier molecular flexibility index (Phi) is 3.90. The fourth-order valence-electron chi connectivity index (χ4n) is 2.05. The summed E-state index contributed by atoms with van der Waals surface area (Å²) in [5.74, 6) is -3.34. The summed E-state index contributed by atoms with van der Waals surface area (Å²) in [5, 5.41) is 16.0. The smallest absolute Gasteiger partial charge is 0.362 e. The van der Waals surface area contributed by atoms with Crippen LogP contribution in [0.25, 0.3) is 11.1 Å². The van der Waals surface area contributed by atoms with Gasteiger partial charge in [-0.25, -0.2) is 18.9 Å². The zero-order valence-electron chi connectivity index (χ0n) is 12.3. The van der Waals surface area contributed by atoms with Crippen molar-refractivity contribution >= 4 is 5.97 Å². The molecule has 0 amide bonds.